The SMILES string of the molecule is COc1ccccc1/C=N\NC(=O)CN(Cc1ccc(Cl)cc1)S(=O)(=O)c1ccc(Cl)cc1. The standard InChI is InChI=1S/C23H21Cl2N3O4S/c1-32-22-5-3-2-4-18(22)14-26-27-23(29)16-28(15-17-6-8-19(24)9-7-17)33(30,31)21-12-10-20(25)11-13-21/h2-14H,15-16H2,1H3,(H,27,29)/b26-14-. The monoisotopic (exact) mass is 505 g/mol. The number of rotatable bonds is 9. The molecule has 1 amide bonds. The van der Waals surface area contributed by atoms with Crippen molar-refractivity contribution >= 4 is 45.3 Å². The molecule has 0 aliphatic rings. The van der Waals surface area contributed by atoms with Gasteiger partial charge in [-0.3, -0.25) is 4.79 Å². The molecule has 0 spiro atoms. The van der Waals surface area contributed by atoms with Crippen molar-refractivity contribution in [2.24, 2.45) is 5.10 Å². The van der Waals surface area contributed by atoms with Crippen molar-refractivity contribution in [1.82, 2.24) is 9.73 Å². The normalized spacial score (nSPS) is 11.6. The van der Waals surface area contributed by atoms with Gasteiger partial charge in [-0.25, -0.2) is 13.8 Å². The van der Waals surface area contributed by atoms with Crippen LogP contribution in [0.5, 0.6) is 5.75 Å². The van der Waals surface area contributed by atoms with E-state index in [1.807, 2.05) is 6.07 Å². The lowest BCUT2D eigenvalue weighted by molar-refractivity contribution is -0.121. The largest absolute Gasteiger partial charge is 0.496 e. The minimum atomic E-state index is -4.00. The van der Waals surface area contributed by atoms with Gasteiger partial charge in [-0.1, -0.05) is 47.5 Å². The Labute approximate surface area is 202 Å². The topological polar surface area (TPSA) is 88.1 Å². The lowest BCUT2D eigenvalue weighted by Crippen LogP contribution is -2.39. The van der Waals surface area contributed by atoms with E-state index in [-0.39, 0.29) is 11.4 Å². The predicted molar refractivity (Wildman–Crippen MR) is 129 cm³/mol. The lowest BCUT2D eigenvalue weighted by Gasteiger charge is -2.21. The highest BCUT2D eigenvalue weighted by molar-refractivity contribution is 7.89. The van der Waals surface area contributed by atoms with Crippen LogP contribution in [0.3, 0.4) is 0 Å². The second kappa shape index (κ2) is 11.3. The molecule has 0 radical (unpaired) electrons. The minimum Gasteiger partial charge on any atom is -0.496 e. The molecule has 0 saturated carbocycles. The fourth-order valence-electron chi connectivity index (χ4n) is 2.92. The molecule has 0 bridgehead atoms. The molecule has 0 heterocycles. The first-order valence-electron chi connectivity index (χ1n) is 9.74. The molecular formula is C23H21Cl2N3O4S. The molecule has 0 atom stereocenters. The van der Waals surface area contributed by atoms with Crippen LogP contribution in [0.4, 0.5) is 0 Å². The number of sulfonamides is 1. The van der Waals surface area contributed by atoms with Crippen LogP contribution in [0.1, 0.15) is 11.1 Å². The number of para-hydroxylation sites is 1. The van der Waals surface area contributed by atoms with Gasteiger partial charge in [0.2, 0.25) is 10.0 Å². The number of carbonyl (C=O) groups is 1. The molecule has 0 fully saturated rings. The van der Waals surface area contributed by atoms with E-state index in [9.17, 15) is 13.2 Å². The number of amides is 1. The van der Waals surface area contributed by atoms with Crippen LogP contribution >= 0.6 is 23.2 Å². The predicted octanol–water partition coefficient (Wildman–Crippen LogP) is 4.34. The Morgan fingerprint density at radius 2 is 1.61 bits per heavy atom. The molecule has 0 unspecified atom stereocenters. The first-order valence-corrected chi connectivity index (χ1v) is 11.9. The zero-order valence-corrected chi connectivity index (χ0v) is 19.9. The van der Waals surface area contributed by atoms with Crippen LogP contribution in [-0.2, 0) is 21.4 Å². The van der Waals surface area contributed by atoms with Gasteiger partial charge < -0.3 is 4.74 Å². The van der Waals surface area contributed by atoms with Gasteiger partial charge >= 0.3 is 0 Å². The Bertz CT molecular complexity index is 1230. The van der Waals surface area contributed by atoms with E-state index in [2.05, 4.69) is 10.5 Å². The van der Waals surface area contributed by atoms with Crippen LogP contribution in [0, 0.1) is 0 Å². The number of carbonyl (C=O) groups excluding carboxylic acids is 1. The summed E-state index contributed by atoms with van der Waals surface area (Å²) in [7, 11) is -2.47. The molecule has 0 aromatic heterocycles. The summed E-state index contributed by atoms with van der Waals surface area (Å²) in [5, 5.41) is 4.85. The quantitative estimate of drug-likeness (QED) is 0.346. The van der Waals surface area contributed by atoms with Gasteiger partial charge in [0.25, 0.3) is 5.91 Å². The molecule has 7 nitrogen and oxygen atoms in total. The molecule has 0 aliphatic carbocycles. The maximum absolute atomic E-state index is 13.3. The van der Waals surface area contributed by atoms with E-state index >= 15 is 0 Å². The molecule has 3 aromatic carbocycles. The molecule has 0 saturated heterocycles. The van der Waals surface area contributed by atoms with Crippen LogP contribution in [0.25, 0.3) is 0 Å². The van der Waals surface area contributed by atoms with E-state index < -0.39 is 22.5 Å². The number of hydrogen-bond donors (Lipinski definition) is 1. The van der Waals surface area contributed by atoms with Crippen LogP contribution in [0.2, 0.25) is 10.0 Å². The summed E-state index contributed by atoms with van der Waals surface area (Å²) >= 11 is 11.8. The Hall–Kier alpha value is -2.91. The number of hydrogen-bond acceptors (Lipinski definition) is 5. The van der Waals surface area contributed by atoms with E-state index in [1.54, 1.807) is 42.5 Å². The zero-order chi connectivity index (χ0) is 23.8. The fraction of sp³-hybridized carbons (Fsp3) is 0.130. The molecule has 0 aliphatic heterocycles. The average Bonchev–Trinajstić information content (AvgIpc) is 2.80. The van der Waals surface area contributed by atoms with Crippen molar-refractivity contribution in [1.29, 1.82) is 0 Å². The van der Waals surface area contributed by atoms with Gasteiger partial charge in [0.05, 0.1) is 24.8 Å². The third-order valence-electron chi connectivity index (χ3n) is 4.58. The smallest absolute Gasteiger partial charge is 0.255 e. The van der Waals surface area contributed by atoms with E-state index in [0.29, 0.717) is 26.9 Å². The van der Waals surface area contributed by atoms with Crippen LogP contribution < -0.4 is 10.2 Å². The van der Waals surface area contributed by atoms with Gasteiger partial charge in [-0.2, -0.15) is 9.41 Å². The molecule has 3 aromatic rings. The number of methoxy groups -OCH3 is 1. The molecular weight excluding hydrogens is 485 g/mol. The third kappa shape index (κ3) is 6.79. The van der Waals surface area contributed by atoms with Gasteiger partial charge in [0, 0.05) is 22.2 Å². The fourth-order valence-corrected chi connectivity index (χ4v) is 4.55. The first-order chi connectivity index (χ1) is 15.8. The van der Waals surface area contributed by atoms with E-state index in [4.69, 9.17) is 27.9 Å². The molecule has 10 heteroatoms. The summed E-state index contributed by atoms with van der Waals surface area (Å²) in [6, 6.07) is 19.6. The van der Waals surface area contributed by atoms with Crippen LogP contribution in [-0.4, -0.2) is 38.5 Å². The van der Waals surface area contributed by atoms with Gasteiger partial charge in [-0.05, 0) is 54.1 Å². The summed E-state index contributed by atoms with van der Waals surface area (Å²) in [5.41, 5.74) is 3.70. The van der Waals surface area contributed by atoms with Crippen molar-refractivity contribution in [2.75, 3.05) is 13.7 Å². The second-order valence-corrected chi connectivity index (χ2v) is 9.70. The highest BCUT2D eigenvalue weighted by Gasteiger charge is 2.27. The Kier molecular flexibility index (Phi) is 8.46. The Morgan fingerprint density at radius 3 is 2.24 bits per heavy atom. The maximum atomic E-state index is 13.3. The van der Waals surface area contributed by atoms with Gasteiger partial charge in [0.15, 0.2) is 0 Å². The summed E-state index contributed by atoms with van der Waals surface area (Å²) in [5.74, 6) is -0.0159. The van der Waals surface area contributed by atoms with Crippen LogP contribution in [0.15, 0.2) is 82.8 Å². The van der Waals surface area contributed by atoms with Gasteiger partial charge in [-0.15, -0.1) is 0 Å². The highest BCUT2D eigenvalue weighted by atomic mass is 35.5. The van der Waals surface area contributed by atoms with Crippen molar-refractivity contribution in [3.8, 4) is 5.75 Å². The zero-order valence-electron chi connectivity index (χ0n) is 17.6. The number of benzene rings is 3. The molecule has 1 N–H and O–H groups in total. The molecule has 3 rings (SSSR count). The minimum absolute atomic E-state index is 0.0196. The highest BCUT2D eigenvalue weighted by Crippen LogP contribution is 2.21. The van der Waals surface area contributed by atoms with Crippen molar-refractivity contribution in [3.63, 3.8) is 0 Å². The number of nitrogens with zero attached hydrogens (tertiary/aromatic N) is 2. The molecule has 33 heavy (non-hydrogen) atoms. The van der Waals surface area contributed by atoms with E-state index in [0.717, 1.165) is 4.31 Å². The van der Waals surface area contributed by atoms with Crippen molar-refractivity contribution in [3.05, 3.63) is 94.0 Å². The van der Waals surface area contributed by atoms with Crippen molar-refractivity contribution in [2.45, 2.75) is 11.4 Å². The third-order valence-corrected chi connectivity index (χ3v) is 6.89. The number of ether oxygens (including phenoxy) is 1. The number of halogens is 2. The van der Waals surface area contributed by atoms with Crippen molar-refractivity contribution < 1.29 is 17.9 Å². The Balaban J connectivity index is 1.79. The lowest BCUT2D eigenvalue weighted by atomic mass is 10.2. The summed E-state index contributed by atoms with van der Waals surface area (Å²) in [6.45, 7) is -0.484. The second-order valence-electron chi connectivity index (χ2n) is 6.89. The number of hydrazone groups is 1. The summed E-state index contributed by atoms with van der Waals surface area (Å²) in [4.78, 5) is 12.6. The average molecular weight is 506 g/mol. The Morgan fingerprint density at radius 1 is 1.00 bits per heavy atom. The maximum Gasteiger partial charge on any atom is 0.255 e. The number of nitrogens with one attached hydrogen (secondary N) is 1. The summed E-state index contributed by atoms with van der Waals surface area (Å²) in [6.07, 6.45) is 1.42. The first kappa shape index (κ1) is 24.7. The molecule has 172 valence electrons. The summed E-state index contributed by atoms with van der Waals surface area (Å²) < 4.78 is 32.8. The van der Waals surface area contributed by atoms with E-state index in [1.165, 1.54) is 37.6 Å². The van der Waals surface area contributed by atoms with Gasteiger partial charge in [0.1, 0.15) is 5.75 Å².